The lowest BCUT2D eigenvalue weighted by molar-refractivity contribution is -0.128. The molecule has 2 aromatic rings. The third-order valence-electron chi connectivity index (χ3n) is 3.65. The second-order valence-electron chi connectivity index (χ2n) is 5.97. The van der Waals surface area contributed by atoms with E-state index < -0.39 is 6.10 Å². The number of nitrogens with one attached hydrogen (secondary N) is 1. The van der Waals surface area contributed by atoms with Crippen LogP contribution in [0.3, 0.4) is 0 Å². The molecule has 2 aromatic carbocycles. The first kappa shape index (κ1) is 18.6. The van der Waals surface area contributed by atoms with Crippen LogP contribution in [0.2, 0.25) is 0 Å². The van der Waals surface area contributed by atoms with E-state index in [4.69, 9.17) is 14.2 Å². The molecule has 0 bridgehead atoms. The van der Waals surface area contributed by atoms with Crippen molar-refractivity contribution in [1.82, 2.24) is 5.32 Å². The fraction of sp³-hybridized carbons (Fsp3) is 0.350. The van der Waals surface area contributed by atoms with Gasteiger partial charge in [0.1, 0.15) is 23.9 Å². The summed E-state index contributed by atoms with van der Waals surface area (Å²) in [5.41, 5.74) is 1.18. The third kappa shape index (κ3) is 6.03. The van der Waals surface area contributed by atoms with Gasteiger partial charge in [0.15, 0.2) is 6.10 Å². The molecule has 0 radical (unpaired) electrons. The monoisotopic (exact) mass is 343 g/mol. The van der Waals surface area contributed by atoms with E-state index in [0.29, 0.717) is 12.4 Å². The zero-order chi connectivity index (χ0) is 18.2. The molecule has 0 unspecified atom stereocenters. The molecule has 1 N–H and O–H groups in total. The van der Waals surface area contributed by atoms with Crippen molar-refractivity contribution in [2.24, 2.45) is 0 Å². The maximum atomic E-state index is 12.2. The quantitative estimate of drug-likeness (QED) is 0.798. The lowest BCUT2D eigenvalue weighted by atomic mass is 10.2. The van der Waals surface area contributed by atoms with Crippen molar-refractivity contribution >= 4 is 5.91 Å². The summed E-state index contributed by atoms with van der Waals surface area (Å²) in [5, 5.41) is 2.89. The minimum atomic E-state index is -0.602. The van der Waals surface area contributed by atoms with Crippen LogP contribution in [-0.2, 0) is 4.79 Å². The molecule has 0 aliphatic carbocycles. The van der Waals surface area contributed by atoms with Crippen molar-refractivity contribution in [3.8, 4) is 17.2 Å². The van der Waals surface area contributed by atoms with E-state index in [9.17, 15) is 4.79 Å². The molecule has 2 atom stereocenters. The van der Waals surface area contributed by atoms with Crippen LogP contribution in [0.1, 0.15) is 19.4 Å². The van der Waals surface area contributed by atoms with Gasteiger partial charge in [0, 0.05) is 0 Å². The normalized spacial score (nSPS) is 12.8. The van der Waals surface area contributed by atoms with Gasteiger partial charge < -0.3 is 19.5 Å². The molecule has 1 amide bonds. The standard InChI is InChI=1S/C20H25NO4/c1-14-5-7-18(8-6-14)24-13-15(2)21-20(22)16(3)25-19-11-9-17(23-4)10-12-19/h5-12,15-16H,13H2,1-4H3,(H,21,22)/t15-,16-/m0/s1. The highest BCUT2D eigenvalue weighted by atomic mass is 16.5. The van der Waals surface area contributed by atoms with Gasteiger partial charge in [0.05, 0.1) is 13.2 Å². The number of carbonyl (C=O) groups is 1. The van der Waals surface area contributed by atoms with Gasteiger partial charge in [-0.1, -0.05) is 17.7 Å². The second-order valence-corrected chi connectivity index (χ2v) is 5.97. The van der Waals surface area contributed by atoms with Crippen molar-refractivity contribution in [1.29, 1.82) is 0 Å². The number of methoxy groups -OCH3 is 1. The van der Waals surface area contributed by atoms with Crippen molar-refractivity contribution in [2.75, 3.05) is 13.7 Å². The molecule has 0 saturated carbocycles. The smallest absolute Gasteiger partial charge is 0.261 e. The highest BCUT2D eigenvalue weighted by Crippen LogP contribution is 2.18. The lowest BCUT2D eigenvalue weighted by Crippen LogP contribution is -2.43. The third-order valence-corrected chi connectivity index (χ3v) is 3.65. The van der Waals surface area contributed by atoms with Crippen LogP contribution in [0.15, 0.2) is 48.5 Å². The number of carbonyl (C=O) groups excluding carboxylic acids is 1. The number of amides is 1. The van der Waals surface area contributed by atoms with Gasteiger partial charge in [-0.3, -0.25) is 4.79 Å². The summed E-state index contributed by atoms with van der Waals surface area (Å²) in [6, 6.07) is 14.8. The molecule has 5 nitrogen and oxygen atoms in total. The fourth-order valence-corrected chi connectivity index (χ4v) is 2.17. The van der Waals surface area contributed by atoms with Crippen molar-refractivity contribution in [3.63, 3.8) is 0 Å². The fourth-order valence-electron chi connectivity index (χ4n) is 2.17. The number of rotatable bonds is 8. The minimum absolute atomic E-state index is 0.129. The van der Waals surface area contributed by atoms with E-state index in [1.165, 1.54) is 5.56 Å². The zero-order valence-electron chi connectivity index (χ0n) is 15.1. The molecule has 0 saturated heterocycles. The summed E-state index contributed by atoms with van der Waals surface area (Å²) in [5.74, 6) is 1.96. The van der Waals surface area contributed by atoms with E-state index in [1.54, 1.807) is 38.3 Å². The first-order valence-corrected chi connectivity index (χ1v) is 8.28. The summed E-state index contributed by atoms with van der Waals surface area (Å²) in [4.78, 5) is 12.2. The summed E-state index contributed by atoms with van der Waals surface area (Å²) in [6.45, 7) is 6.03. The maximum Gasteiger partial charge on any atom is 0.261 e. The number of ether oxygens (including phenoxy) is 3. The molecule has 0 aliphatic heterocycles. The van der Waals surface area contributed by atoms with Gasteiger partial charge >= 0.3 is 0 Å². The molecular formula is C20H25NO4. The van der Waals surface area contributed by atoms with E-state index in [1.807, 2.05) is 38.1 Å². The highest BCUT2D eigenvalue weighted by Gasteiger charge is 2.17. The number of hydrogen-bond donors (Lipinski definition) is 1. The van der Waals surface area contributed by atoms with Gasteiger partial charge in [-0.15, -0.1) is 0 Å². The Morgan fingerprint density at radius 3 is 2.12 bits per heavy atom. The van der Waals surface area contributed by atoms with Crippen molar-refractivity contribution < 1.29 is 19.0 Å². The average Bonchev–Trinajstić information content (AvgIpc) is 2.61. The van der Waals surface area contributed by atoms with Crippen molar-refractivity contribution in [2.45, 2.75) is 32.9 Å². The average molecular weight is 343 g/mol. The predicted octanol–water partition coefficient (Wildman–Crippen LogP) is 3.35. The molecule has 0 fully saturated rings. The zero-order valence-corrected chi connectivity index (χ0v) is 15.1. The predicted molar refractivity (Wildman–Crippen MR) is 97.4 cm³/mol. The Labute approximate surface area is 148 Å². The van der Waals surface area contributed by atoms with Crippen LogP contribution in [0.4, 0.5) is 0 Å². The van der Waals surface area contributed by atoms with Crippen LogP contribution < -0.4 is 19.5 Å². The van der Waals surface area contributed by atoms with Crippen LogP contribution in [0.5, 0.6) is 17.2 Å². The number of hydrogen-bond acceptors (Lipinski definition) is 4. The SMILES string of the molecule is COc1ccc(O[C@@H](C)C(=O)N[C@@H](C)COc2ccc(C)cc2)cc1. The van der Waals surface area contributed by atoms with Crippen LogP contribution in [0, 0.1) is 6.92 Å². The number of aryl methyl sites for hydroxylation is 1. The van der Waals surface area contributed by atoms with Crippen LogP contribution in [0.25, 0.3) is 0 Å². The molecule has 0 aromatic heterocycles. The maximum absolute atomic E-state index is 12.2. The Morgan fingerprint density at radius 2 is 1.52 bits per heavy atom. The van der Waals surface area contributed by atoms with E-state index in [2.05, 4.69) is 5.32 Å². The highest BCUT2D eigenvalue weighted by molar-refractivity contribution is 5.81. The largest absolute Gasteiger partial charge is 0.497 e. The van der Waals surface area contributed by atoms with Crippen molar-refractivity contribution in [3.05, 3.63) is 54.1 Å². The first-order valence-electron chi connectivity index (χ1n) is 8.28. The Bertz CT molecular complexity index is 667. The Hall–Kier alpha value is -2.69. The Morgan fingerprint density at radius 1 is 0.960 bits per heavy atom. The molecule has 5 heteroatoms. The minimum Gasteiger partial charge on any atom is -0.497 e. The summed E-state index contributed by atoms with van der Waals surface area (Å²) >= 11 is 0. The summed E-state index contributed by atoms with van der Waals surface area (Å²) in [6.07, 6.45) is -0.602. The molecule has 0 heterocycles. The van der Waals surface area contributed by atoms with E-state index >= 15 is 0 Å². The Balaban J connectivity index is 1.77. The van der Waals surface area contributed by atoms with Crippen LogP contribution >= 0.6 is 0 Å². The van der Waals surface area contributed by atoms with Gasteiger partial charge in [0.25, 0.3) is 5.91 Å². The van der Waals surface area contributed by atoms with Gasteiger partial charge in [-0.2, -0.15) is 0 Å². The lowest BCUT2D eigenvalue weighted by Gasteiger charge is -2.19. The molecular weight excluding hydrogens is 318 g/mol. The Kier molecular flexibility index (Phi) is 6.69. The molecule has 0 spiro atoms. The molecule has 134 valence electrons. The van der Waals surface area contributed by atoms with Crippen LogP contribution in [-0.4, -0.2) is 31.8 Å². The molecule has 0 aliphatic rings. The van der Waals surface area contributed by atoms with E-state index in [0.717, 1.165) is 11.5 Å². The number of benzene rings is 2. The first-order chi connectivity index (χ1) is 12.0. The topological polar surface area (TPSA) is 56.8 Å². The van der Waals surface area contributed by atoms with Gasteiger partial charge in [-0.05, 0) is 57.2 Å². The molecule has 25 heavy (non-hydrogen) atoms. The summed E-state index contributed by atoms with van der Waals surface area (Å²) < 4.78 is 16.4. The van der Waals surface area contributed by atoms with E-state index in [-0.39, 0.29) is 11.9 Å². The molecule has 2 rings (SSSR count). The summed E-state index contributed by atoms with van der Waals surface area (Å²) in [7, 11) is 1.60. The van der Waals surface area contributed by atoms with Gasteiger partial charge in [0.2, 0.25) is 0 Å². The van der Waals surface area contributed by atoms with Gasteiger partial charge in [-0.25, -0.2) is 0 Å². The second kappa shape index (κ2) is 8.97.